The molecule has 0 aliphatic rings. The molecule has 2 heterocycles. The first-order valence-corrected chi connectivity index (χ1v) is 12.8. The van der Waals surface area contributed by atoms with E-state index in [2.05, 4.69) is 30.9 Å². The van der Waals surface area contributed by atoms with Crippen LogP contribution < -0.4 is 14.9 Å². The van der Waals surface area contributed by atoms with Crippen molar-refractivity contribution in [3.05, 3.63) is 85.4 Å². The van der Waals surface area contributed by atoms with Crippen LogP contribution >= 0.6 is 15.9 Å². The summed E-state index contributed by atoms with van der Waals surface area (Å²) in [7, 11) is 1.10. The van der Waals surface area contributed by atoms with Gasteiger partial charge in [0.25, 0.3) is 0 Å². The SMILES string of the molecule is CCn1cc(-c2cc([N+](=O)[O-])c(OC)cc2F)cn1.CCn1cc(B(O)O)cn1.COc1cc(F)c(Br)cc1[N+](=O)[O-]. The summed E-state index contributed by atoms with van der Waals surface area (Å²) in [6.07, 6.45) is 6.14. The zero-order chi connectivity index (χ0) is 31.6. The molecule has 0 unspecified atom stereocenters. The van der Waals surface area contributed by atoms with Gasteiger partial charge in [0, 0.05) is 72.5 Å². The van der Waals surface area contributed by atoms with E-state index in [1.807, 2.05) is 13.8 Å². The van der Waals surface area contributed by atoms with Crippen molar-refractivity contribution < 1.29 is 38.1 Å². The monoisotopic (exact) mass is 654 g/mol. The molecular formula is C24H26BBrF2N6O8. The van der Waals surface area contributed by atoms with Crippen molar-refractivity contribution in [3.8, 4) is 22.6 Å². The number of nitro groups is 2. The molecule has 42 heavy (non-hydrogen) atoms. The van der Waals surface area contributed by atoms with Gasteiger partial charge in [-0.2, -0.15) is 10.2 Å². The summed E-state index contributed by atoms with van der Waals surface area (Å²) in [6, 6.07) is 4.19. The summed E-state index contributed by atoms with van der Waals surface area (Å²) in [5, 5.41) is 46.5. The van der Waals surface area contributed by atoms with E-state index in [1.54, 1.807) is 21.8 Å². The Hall–Kier alpha value is -4.42. The molecule has 4 aromatic rings. The average molecular weight is 655 g/mol. The van der Waals surface area contributed by atoms with Crippen LogP contribution in [0.3, 0.4) is 0 Å². The van der Waals surface area contributed by atoms with Gasteiger partial charge in [-0.1, -0.05) is 0 Å². The van der Waals surface area contributed by atoms with Gasteiger partial charge in [-0.05, 0) is 29.8 Å². The predicted octanol–water partition coefficient (Wildman–Crippen LogP) is 3.71. The van der Waals surface area contributed by atoms with E-state index in [0.29, 0.717) is 17.6 Å². The molecule has 18 heteroatoms. The molecule has 4 rings (SSSR count). The quantitative estimate of drug-likeness (QED) is 0.161. The number of aromatic nitrogens is 4. The van der Waals surface area contributed by atoms with Gasteiger partial charge >= 0.3 is 18.5 Å². The molecule has 0 amide bonds. The Morgan fingerprint density at radius 2 is 1.38 bits per heavy atom. The fourth-order valence-corrected chi connectivity index (χ4v) is 3.59. The highest BCUT2D eigenvalue weighted by atomic mass is 79.9. The first-order chi connectivity index (χ1) is 19.9. The summed E-state index contributed by atoms with van der Waals surface area (Å²) >= 11 is 2.84. The number of hydrogen-bond donors (Lipinski definition) is 2. The van der Waals surface area contributed by atoms with Crippen LogP contribution in [0.1, 0.15) is 13.8 Å². The molecule has 0 radical (unpaired) electrons. The van der Waals surface area contributed by atoms with E-state index in [0.717, 1.165) is 30.8 Å². The summed E-state index contributed by atoms with van der Waals surface area (Å²) in [5.74, 6) is -1.37. The Balaban J connectivity index is 0.000000234. The topological polar surface area (TPSA) is 181 Å². The van der Waals surface area contributed by atoms with Crippen molar-refractivity contribution in [2.45, 2.75) is 26.9 Å². The molecule has 224 valence electrons. The van der Waals surface area contributed by atoms with E-state index in [4.69, 9.17) is 14.8 Å². The molecule has 0 bridgehead atoms. The third-order valence-electron chi connectivity index (χ3n) is 5.43. The molecular weight excluding hydrogens is 629 g/mol. The fraction of sp³-hybridized carbons (Fsp3) is 0.250. The van der Waals surface area contributed by atoms with Gasteiger partial charge in [0.2, 0.25) is 0 Å². The second-order valence-corrected chi connectivity index (χ2v) is 8.90. The van der Waals surface area contributed by atoms with Crippen LogP contribution in [-0.2, 0) is 13.1 Å². The maximum atomic E-state index is 13.9. The van der Waals surface area contributed by atoms with Crippen molar-refractivity contribution >= 4 is 39.9 Å². The first kappa shape index (κ1) is 33.8. The smallest absolute Gasteiger partial charge is 0.490 e. The maximum Gasteiger partial charge on any atom is 0.491 e. The third kappa shape index (κ3) is 8.79. The summed E-state index contributed by atoms with van der Waals surface area (Å²) in [4.78, 5) is 20.1. The minimum atomic E-state index is -1.40. The van der Waals surface area contributed by atoms with Gasteiger partial charge in [-0.15, -0.1) is 0 Å². The highest BCUT2D eigenvalue weighted by Crippen LogP contribution is 2.34. The Morgan fingerprint density at radius 3 is 1.81 bits per heavy atom. The number of hydrogen-bond acceptors (Lipinski definition) is 10. The minimum absolute atomic E-state index is 0.0417. The zero-order valence-electron chi connectivity index (χ0n) is 22.8. The van der Waals surface area contributed by atoms with Crippen molar-refractivity contribution in [3.63, 3.8) is 0 Å². The average Bonchev–Trinajstić information content (AvgIpc) is 3.64. The maximum absolute atomic E-state index is 13.9. The van der Waals surface area contributed by atoms with Crippen molar-refractivity contribution in [1.29, 1.82) is 0 Å². The Labute approximate surface area is 246 Å². The number of benzene rings is 2. The minimum Gasteiger partial charge on any atom is -0.490 e. The molecule has 0 spiro atoms. The van der Waals surface area contributed by atoms with Crippen molar-refractivity contribution in [2.24, 2.45) is 0 Å². The predicted molar refractivity (Wildman–Crippen MR) is 152 cm³/mol. The highest BCUT2D eigenvalue weighted by Gasteiger charge is 2.21. The summed E-state index contributed by atoms with van der Waals surface area (Å²) in [6.45, 7) is 5.21. The molecule has 0 aliphatic heterocycles. The number of nitrogens with zero attached hydrogens (tertiary/aromatic N) is 6. The van der Waals surface area contributed by atoms with Crippen LogP contribution in [0.5, 0.6) is 11.5 Å². The van der Waals surface area contributed by atoms with E-state index < -0.39 is 28.6 Å². The van der Waals surface area contributed by atoms with E-state index in [1.165, 1.54) is 26.6 Å². The largest absolute Gasteiger partial charge is 0.491 e. The van der Waals surface area contributed by atoms with E-state index >= 15 is 0 Å². The molecule has 0 atom stereocenters. The van der Waals surface area contributed by atoms with Gasteiger partial charge in [-0.25, -0.2) is 8.78 Å². The summed E-state index contributed by atoms with van der Waals surface area (Å²) in [5.41, 5.74) is 0.512. The van der Waals surface area contributed by atoms with Crippen molar-refractivity contribution in [2.75, 3.05) is 14.2 Å². The lowest BCUT2D eigenvalue weighted by Crippen LogP contribution is -2.28. The molecule has 0 saturated carbocycles. The Kier molecular flexibility index (Phi) is 12.5. The fourth-order valence-electron chi connectivity index (χ4n) is 3.26. The molecule has 2 N–H and O–H groups in total. The number of methoxy groups -OCH3 is 2. The first-order valence-electron chi connectivity index (χ1n) is 12.0. The van der Waals surface area contributed by atoms with Crippen LogP contribution in [0.2, 0.25) is 0 Å². The molecule has 14 nitrogen and oxygen atoms in total. The van der Waals surface area contributed by atoms with Crippen molar-refractivity contribution in [1.82, 2.24) is 19.6 Å². The number of halogens is 3. The second kappa shape index (κ2) is 15.5. The highest BCUT2D eigenvalue weighted by molar-refractivity contribution is 9.10. The lowest BCUT2D eigenvalue weighted by Gasteiger charge is -2.05. The molecule has 0 aliphatic carbocycles. The van der Waals surface area contributed by atoms with Crippen LogP contribution in [0.25, 0.3) is 11.1 Å². The van der Waals surface area contributed by atoms with Crippen LogP contribution in [0.15, 0.2) is 53.5 Å². The van der Waals surface area contributed by atoms with Gasteiger partial charge in [-0.3, -0.25) is 29.6 Å². The Bertz CT molecular complexity index is 1530. The number of ether oxygens (including phenoxy) is 2. The second-order valence-electron chi connectivity index (χ2n) is 8.04. The molecule has 0 fully saturated rings. The third-order valence-corrected chi connectivity index (χ3v) is 6.04. The summed E-state index contributed by atoms with van der Waals surface area (Å²) < 4.78 is 39.5. The lowest BCUT2D eigenvalue weighted by atomic mass is 9.83. The molecule has 2 aromatic carbocycles. The van der Waals surface area contributed by atoms with Crippen LogP contribution in [-0.4, -0.2) is 60.8 Å². The van der Waals surface area contributed by atoms with E-state index in [-0.39, 0.29) is 32.9 Å². The number of rotatable bonds is 8. The van der Waals surface area contributed by atoms with Gasteiger partial charge in [0.15, 0.2) is 11.5 Å². The zero-order valence-corrected chi connectivity index (χ0v) is 24.4. The van der Waals surface area contributed by atoms with Gasteiger partial charge < -0.3 is 19.5 Å². The standard InChI is InChI=1S/C12H12FN3O3.C7H5BrFNO3.C5H9BN2O2/c1-3-15-7-8(6-14-15)9-4-11(16(17)18)12(19-2)5-10(9)13;1-13-7-3-5(9)4(8)2-6(7)10(11)12;1-2-8-4-5(3-7-8)6(9)10/h4-7H,3H2,1-2H3;2-3H,1H3;3-4,9-10H,2H2,1H3. The number of aryl methyl sites for hydroxylation is 2. The van der Waals surface area contributed by atoms with Crippen LogP contribution in [0.4, 0.5) is 20.2 Å². The number of nitro benzene ring substituents is 2. The molecule has 0 saturated heterocycles. The van der Waals surface area contributed by atoms with Crippen LogP contribution in [0, 0.1) is 31.9 Å². The normalized spacial score (nSPS) is 10.1. The molecule has 2 aromatic heterocycles. The van der Waals surface area contributed by atoms with Gasteiger partial charge in [0.1, 0.15) is 11.6 Å². The lowest BCUT2D eigenvalue weighted by molar-refractivity contribution is -0.385. The Morgan fingerprint density at radius 1 is 0.881 bits per heavy atom. The van der Waals surface area contributed by atoms with Gasteiger partial charge in [0.05, 0.1) is 34.7 Å². The van der Waals surface area contributed by atoms with E-state index in [9.17, 15) is 29.0 Å².